The normalized spacial score (nSPS) is 10.8. The molecular formula is C20H14N4O5. The van der Waals surface area contributed by atoms with Crippen molar-refractivity contribution < 1.29 is 19.6 Å². The Morgan fingerprint density at radius 2 is 1.90 bits per heavy atom. The van der Waals surface area contributed by atoms with Crippen LogP contribution in [0.1, 0.15) is 10.4 Å². The lowest BCUT2D eigenvalue weighted by Crippen LogP contribution is -2.00. The minimum absolute atomic E-state index is 0.00364. The number of carbonyl (C=O) groups is 1. The molecular weight excluding hydrogens is 376 g/mol. The minimum Gasteiger partial charge on any atom is -0.497 e. The molecule has 4 rings (SSSR count). The van der Waals surface area contributed by atoms with Crippen LogP contribution in [0.2, 0.25) is 0 Å². The van der Waals surface area contributed by atoms with Crippen LogP contribution in [-0.4, -0.2) is 38.3 Å². The molecule has 9 heteroatoms. The van der Waals surface area contributed by atoms with Crippen molar-refractivity contribution in [3.63, 3.8) is 0 Å². The van der Waals surface area contributed by atoms with Crippen LogP contribution in [0.3, 0.4) is 0 Å². The third kappa shape index (κ3) is 3.25. The van der Waals surface area contributed by atoms with E-state index in [1.54, 1.807) is 37.4 Å². The summed E-state index contributed by atoms with van der Waals surface area (Å²) in [5, 5.41) is 28.0. The number of ether oxygens (including phenoxy) is 1. The topological polar surface area (TPSA) is 131 Å². The predicted molar refractivity (Wildman–Crippen MR) is 105 cm³/mol. The monoisotopic (exact) mass is 390 g/mol. The Bertz CT molecular complexity index is 1250. The van der Waals surface area contributed by atoms with Gasteiger partial charge in [0.25, 0.3) is 5.69 Å². The number of hydrogen-bond acceptors (Lipinski definition) is 6. The Hall–Kier alpha value is -4.27. The van der Waals surface area contributed by atoms with Gasteiger partial charge in [-0.2, -0.15) is 5.10 Å². The van der Waals surface area contributed by atoms with Crippen LogP contribution in [0.4, 0.5) is 5.69 Å². The van der Waals surface area contributed by atoms with Crippen LogP contribution in [0.15, 0.2) is 54.6 Å². The first-order chi connectivity index (χ1) is 14.0. The van der Waals surface area contributed by atoms with Crippen molar-refractivity contribution in [3.05, 3.63) is 70.3 Å². The summed E-state index contributed by atoms with van der Waals surface area (Å²) < 4.78 is 5.14. The summed E-state index contributed by atoms with van der Waals surface area (Å²) in [5.41, 5.74) is 2.04. The number of non-ortho nitro benzene ring substituents is 1. The molecule has 0 spiro atoms. The number of pyridine rings is 1. The largest absolute Gasteiger partial charge is 0.497 e. The van der Waals surface area contributed by atoms with E-state index in [0.717, 1.165) is 0 Å². The third-order valence-electron chi connectivity index (χ3n) is 4.49. The van der Waals surface area contributed by atoms with Gasteiger partial charge in [-0.3, -0.25) is 15.2 Å². The zero-order valence-electron chi connectivity index (χ0n) is 15.1. The van der Waals surface area contributed by atoms with Crippen molar-refractivity contribution in [2.75, 3.05) is 7.11 Å². The van der Waals surface area contributed by atoms with E-state index in [9.17, 15) is 20.0 Å². The molecule has 2 heterocycles. The maximum absolute atomic E-state index is 12.0. The van der Waals surface area contributed by atoms with E-state index >= 15 is 0 Å². The first-order valence-corrected chi connectivity index (χ1v) is 8.49. The number of aromatic nitrogens is 3. The highest BCUT2D eigenvalue weighted by Gasteiger charge is 2.20. The van der Waals surface area contributed by atoms with E-state index in [1.807, 2.05) is 0 Å². The van der Waals surface area contributed by atoms with Gasteiger partial charge in [-0.05, 0) is 30.3 Å². The van der Waals surface area contributed by atoms with Gasteiger partial charge in [-0.15, -0.1) is 0 Å². The fraction of sp³-hybridized carbons (Fsp3) is 0.0500. The lowest BCUT2D eigenvalue weighted by molar-refractivity contribution is -0.384. The molecule has 0 aliphatic carbocycles. The second kappa shape index (κ2) is 7.04. The second-order valence-corrected chi connectivity index (χ2v) is 6.19. The van der Waals surface area contributed by atoms with Crippen LogP contribution in [0.25, 0.3) is 33.5 Å². The van der Waals surface area contributed by atoms with Crippen molar-refractivity contribution in [3.8, 4) is 28.3 Å². The summed E-state index contributed by atoms with van der Waals surface area (Å²) in [6, 6.07) is 14.4. The number of fused-ring (bicyclic) bond motifs is 1. The van der Waals surface area contributed by atoms with E-state index in [0.29, 0.717) is 28.3 Å². The summed E-state index contributed by atoms with van der Waals surface area (Å²) in [6.07, 6.45) is 0. The number of nitro benzene ring substituents is 1. The van der Waals surface area contributed by atoms with E-state index in [4.69, 9.17) is 4.74 Å². The molecule has 29 heavy (non-hydrogen) atoms. The number of carboxylic acids is 1. The molecule has 2 aromatic heterocycles. The van der Waals surface area contributed by atoms with Gasteiger partial charge in [0.15, 0.2) is 5.65 Å². The molecule has 144 valence electrons. The molecule has 0 saturated carbocycles. The lowest BCUT2D eigenvalue weighted by atomic mass is 10.0. The Kier molecular flexibility index (Phi) is 4.40. The standard InChI is InChI=1S/C20H14N4O5/c1-29-14-7-5-11(6-8-14)16-10-15(20(25)26)17-18(22-23-19(17)21-16)12-3-2-4-13(9-12)24(27)28/h2-10H,1H3,(H,25,26)(H,21,22,23). The molecule has 0 atom stereocenters. The first-order valence-electron chi connectivity index (χ1n) is 8.49. The molecule has 0 aliphatic rings. The smallest absolute Gasteiger partial charge is 0.336 e. The first kappa shape index (κ1) is 18.1. The molecule has 0 fully saturated rings. The average Bonchev–Trinajstić information content (AvgIpc) is 3.17. The number of aromatic amines is 1. The Morgan fingerprint density at radius 3 is 2.55 bits per heavy atom. The molecule has 0 bridgehead atoms. The third-order valence-corrected chi connectivity index (χ3v) is 4.49. The molecule has 0 radical (unpaired) electrons. The van der Waals surface area contributed by atoms with Crippen molar-refractivity contribution in [1.29, 1.82) is 0 Å². The number of hydrogen-bond donors (Lipinski definition) is 2. The molecule has 0 saturated heterocycles. The number of nitrogens with zero attached hydrogens (tertiary/aromatic N) is 3. The maximum atomic E-state index is 12.0. The number of rotatable bonds is 5. The van der Waals surface area contributed by atoms with Crippen LogP contribution >= 0.6 is 0 Å². The Labute approximate surface area is 163 Å². The van der Waals surface area contributed by atoms with Crippen LogP contribution in [0, 0.1) is 10.1 Å². The van der Waals surface area contributed by atoms with Crippen LogP contribution in [0.5, 0.6) is 5.75 Å². The molecule has 0 unspecified atom stereocenters. The highest BCUT2D eigenvalue weighted by molar-refractivity contribution is 6.08. The molecule has 2 N–H and O–H groups in total. The highest BCUT2D eigenvalue weighted by atomic mass is 16.6. The van der Waals surface area contributed by atoms with Crippen molar-refractivity contribution in [2.45, 2.75) is 0 Å². The second-order valence-electron chi connectivity index (χ2n) is 6.19. The molecule has 9 nitrogen and oxygen atoms in total. The quantitative estimate of drug-likeness (QED) is 0.390. The fourth-order valence-electron chi connectivity index (χ4n) is 3.09. The number of aromatic carboxylic acids is 1. The fourth-order valence-corrected chi connectivity index (χ4v) is 3.09. The number of H-pyrrole nitrogens is 1. The van der Waals surface area contributed by atoms with E-state index < -0.39 is 10.9 Å². The SMILES string of the molecule is COc1ccc(-c2cc(C(=O)O)c3c(-c4cccc([N+](=O)[O-])c4)[nH]nc3n2)cc1. The molecule has 2 aromatic carbocycles. The zero-order valence-corrected chi connectivity index (χ0v) is 15.1. The Balaban J connectivity index is 1.90. The van der Waals surface area contributed by atoms with Gasteiger partial charge in [0.2, 0.25) is 0 Å². The minimum atomic E-state index is -1.15. The van der Waals surface area contributed by atoms with Gasteiger partial charge in [0, 0.05) is 23.3 Å². The van der Waals surface area contributed by atoms with E-state index in [1.165, 1.54) is 24.3 Å². The summed E-state index contributed by atoms with van der Waals surface area (Å²) in [4.78, 5) is 27.0. The van der Waals surface area contributed by atoms with Gasteiger partial charge in [0.1, 0.15) is 5.75 Å². The zero-order chi connectivity index (χ0) is 20.5. The number of methoxy groups -OCH3 is 1. The summed E-state index contributed by atoms with van der Waals surface area (Å²) >= 11 is 0. The number of benzene rings is 2. The van der Waals surface area contributed by atoms with Gasteiger partial charge in [-0.1, -0.05) is 12.1 Å². The number of carboxylic acid groups (broad SMARTS) is 1. The van der Waals surface area contributed by atoms with Gasteiger partial charge in [0.05, 0.1) is 34.4 Å². The Morgan fingerprint density at radius 1 is 1.14 bits per heavy atom. The predicted octanol–water partition coefficient (Wildman–Crippen LogP) is 3.91. The average molecular weight is 390 g/mol. The van der Waals surface area contributed by atoms with Crippen LogP contribution < -0.4 is 4.74 Å². The lowest BCUT2D eigenvalue weighted by Gasteiger charge is -2.06. The van der Waals surface area contributed by atoms with Crippen molar-refractivity contribution in [1.82, 2.24) is 15.2 Å². The number of nitro groups is 1. The maximum Gasteiger partial charge on any atom is 0.336 e. The van der Waals surface area contributed by atoms with Gasteiger partial charge >= 0.3 is 5.97 Å². The molecule has 0 amide bonds. The summed E-state index contributed by atoms with van der Waals surface area (Å²) in [5.74, 6) is -0.485. The summed E-state index contributed by atoms with van der Waals surface area (Å²) in [7, 11) is 1.56. The van der Waals surface area contributed by atoms with Crippen molar-refractivity contribution in [2.24, 2.45) is 0 Å². The van der Waals surface area contributed by atoms with Crippen LogP contribution in [-0.2, 0) is 0 Å². The van der Waals surface area contributed by atoms with Gasteiger partial charge in [-0.25, -0.2) is 9.78 Å². The van der Waals surface area contributed by atoms with E-state index in [-0.39, 0.29) is 22.3 Å². The molecule has 4 aromatic rings. The molecule has 0 aliphatic heterocycles. The van der Waals surface area contributed by atoms with Gasteiger partial charge < -0.3 is 9.84 Å². The number of nitrogens with one attached hydrogen (secondary N) is 1. The summed E-state index contributed by atoms with van der Waals surface area (Å²) in [6.45, 7) is 0. The van der Waals surface area contributed by atoms with E-state index in [2.05, 4.69) is 15.2 Å². The van der Waals surface area contributed by atoms with Crippen molar-refractivity contribution >= 4 is 22.7 Å². The highest BCUT2D eigenvalue weighted by Crippen LogP contribution is 2.33.